The Labute approximate surface area is 146 Å². The summed E-state index contributed by atoms with van der Waals surface area (Å²) in [7, 11) is 0. The van der Waals surface area contributed by atoms with Crippen LogP contribution in [0.4, 0.5) is 0 Å². The second-order valence-electron chi connectivity index (χ2n) is 6.90. The molecule has 2 aromatic rings. The summed E-state index contributed by atoms with van der Waals surface area (Å²) in [5, 5.41) is 0.558. The molecule has 6 heteroatoms. The van der Waals surface area contributed by atoms with Gasteiger partial charge in [0.1, 0.15) is 0 Å². The monoisotopic (exact) mass is 345 g/mol. The van der Waals surface area contributed by atoms with Crippen molar-refractivity contribution in [1.29, 1.82) is 0 Å². The summed E-state index contributed by atoms with van der Waals surface area (Å²) in [5.74, 6) is 1.05. The molecular weight excluding hydrogens is 322 g/mol. The predicted molar refractivity (Wildman–Crippen MR) is 97.9 cm³/mol. The Morgan fingerprint density at radius 2 is 1.96 bits per heavy atom. The molecule has 2 heterocycles. The van der Waals surface area contributed by atoms with Crippen LogP contribution in [0.5, 0.6) is 0 Å². The Morgan fingerprint density at radius 1 is 1.29 bits per heavy atom. The number of fused-ring (bicyclic) bond motifs is 1. The normalized spacial score (nSPS) is 21.2. The van der Waals surface area contributed by atoms with Crippen LogP contribution in [0.25, 0.3) is 10.9 Å². The van der Waals surface area contributed by atoms with Crippen LogP contribution in [0.1, 0.15) is 37.6 Å². The third-order valence-electron chi connectivity index (χ3n) is 4.70. The van der Waals surface area contributed by atoms with Crippen LogP contribution >= 0.6 is 12.2 Å². The van der Waals surface area contributed by atoms with E-state index in [0.29, 0.717) is 39.6 Å². The molecule has 0 unspecified atom stereocenters. The van der Waals surface area contributed by atoms with E-state index in [0.717, 1.165) is 19.5 Å². The molecule has 1 N–H and O–H groups in total. The first-order valence-electron chi connectivity index (χ1n) is 8.46. The van der Waals surface area contributed by atoms with E-state index in [2.05, 4.69) is 18.8 Å². The van der Waals surface area contributed by atoms with Crippen molar-refractivity contribution in [3.8, 4) is 0 Å². The summed E-state index contributed by atoms with van der Waals surface area (Å²) in [5.41, 5.74) is 1.11. The van der Waals surface area contributed by atoms with E-state index >= 15 is 0 Å². The summed E-state index contributed by atoms with van der Waals surface area (Å²) in [4.78, 5) is 30.3. The smallest absolute Gasteiger partial charge is 0.262 e. The Balaban J connectivity index is 2.00. The highest BCUT2D eigenvalue weighted by molar-refractivity contribution is 7.71. The Morgan fingerprint density at radius 3 is 2.58 bits per heavy atom. The number of aromatic nitrogens is 2. The standard InChI is InChI=1S/C18H23N3O2S/c1-4-21-17(23)14-6-5-13(8-15(14)19-18(21)24)16(22)20-9-11(2)7-12(3)10-20/h5-6,8,11-12H,4,7,9-10H2,1-3H3,(H,19,24)/t11-,12+. The van der Waals surface area contributed by atoms with E-state index in [-0.39, 0.29) is 11.5 Å². The van der Waals surface area contributed by atoms with Crippen molar-refractivity contribution in [1.82, 2.24) is 14.5 Å². The molecule has 0 saturated carbocycles. The van der Waals surface area contributed by atoms with Crippen molar-refractivity contribution in [2.45, 2.75) is 33.7 Å². The Kier molecular flexibility index (Phi) is 4.58. The highest BCUT2D eigenvalue weighted by Gasteiger charge is 2.26. The van der Waals surface area contributed by atoms with Crippen molar-refractivity contribution < 1.29 is 4.79 Å². The number of nitrogens with one attached hydrogen (secondary N) is 1. The van der Waals surface area contributed by atoms with E-state index in [9.17, 15) is 9.59 Å². The van der Waals surface area contributed by atoms with E-state index in [4.69, 9.17) is 12.2 Å². The second-order valence-corrected chi connectivity index (χ2v) is 7.28. The number of rotatable bonds is 2. The molecule has 5 nitrogen and oxygen atoms in total. The summed E-state index contributed by atoms with van der Waals surface area (Å²) < 4.78 is 1.91. The molecule has 0 bridgehead atoms. The molecule has 1 saturated heterocycles. The number of nitrogens with zero attached hydrogens (tertiary/aromatic N) is 2. The zero-order chi connectivity index (χ0) is 17.4. The van der Waals surface area contributed by atoms with Crippen LogP contribution in [0.2, 0.25) is 0 Å². The summed E-state index contributed by atoms with van der Waals surface area (Å²) in [6.45, 7) is 8.34. The number of carbonyl (C=O) groups excluding carboxylic acids is 1. The van der Waals surface area contributed by atoms with Crippen molar-refractivity contribution in [3.05, 3.63) is 38.9 Å². The van der Waals surface area contributed by atoms with Gasteiger partial charge in [0.15, 0.2) is 4.77 Å². The van der Waals surface area contributed by atoms with Crippen LogP contribution in [0.15, 0.2) is 23.0 Å². The number of carbonyl (C=O) groups is 1. The lowest BCUT2D eigenvalue weighted by Crippen LogP contribution is -2.42. The molecule has 3 rings (SSSR count). The number of amides is 1. The third kappa shape index (κ3) is 3.02. The van der Waals surface area contributed by atoms with Gasteiger partial charge >= 0.3 is 0 Å². The Hall–Kier alpha value is -1.95. The summed E-state index contributed by atoms with van der Waals surface area (Å²) >= 11 is 5.24. The predicted octanol–water partition coefficient (Wildman–Crippen LogP) is 3.20. The van der Waals surface area contributed by atoms with Gasteiger partial charge in [-0.1, -0.05) is 13.8 Å². The summed E-state index contributed by atoms with van der Waals surface area (Å²) in [6, 6.07) is 5.21. The molecule has 128 valence electrons. The molecule has 2 atom stereocenters. The molecule has 0 spiro atoms. The topological polar surface area (TPSA) is 58.1 Å². The second kappa shape index (κ2) is 6.51. The zero-order valence-electron chi connectivity index (χ0n) is 14.3. The lowest BCUT2D eigenvalue weighted by atomic mass is 9.91. The quantitative estimate of drug-likeness (QED) is 0.851. The van der Waals surface area contributed by atoms with Crippen molar-refractivity contribution in [2.24, 2.45) is 11.8 Å². The Bertz CT molecular complexity index is 889. The van der Waals surface area contributed by atoms with Crippen LogP contribution in [0, 0.1) is 16.6 Å². The average molecular weight is 345 g/mol. The largest absolute Gasteiger partial charge is 0.338 e. The van der Waals surface area contributed by atoms with E-state index in [1.54, 1.807) is 18.2 Å². The number of H-pyrrole nitrogens is 1. The summed E-state index contributed by atoms with van der Waals surface area (Å²) in [6.07, 6.45) is 1.16. The van der Waals surface area contributed by atoms with E-state index < -0.39 is 0 Å². The zero-order valence-corrected chi connectivity index (χ0v) is 15.2. The molecular formula is C18H23N3O2S. The minimum atomic E-state index is -0.115. The molecule has 1 fully saturated rings. The van der Waals surface area contributed by atoms with Crippen molar-refractivity contribution >= 4 is 29.0 Å². The van der Waals surface area contributed by atoms with Crippen LogP contribution in [-0.2, 0) is 6.54 Å². The fourth-order valence-corrected chi connectivity index (χ4v) is 4.01. The number of hydrogen-bond donors (Lipinski definition) is 1. The fraction of sp³-hybridized carbons (Fsp3) is 0.500. The van der Waals surface area contributed by atoms with Crippen LogP contribution in [0.3, 0.4) is 0 Å². The highest BCUT2D eigenvalue weighted by Crippen LogP contribution is 2.23. The van der Waals surface area contributed by atoms with Gasteiger partial charge in [0.05, 0.1) is 10.9 Å². The molecule has 24 heavy (non-hydrogen) atoms. The van der Waals surface area contributed by atoms with Gasteiger partial charge in [0, 0.05) is 25.2 Å². The van der Waals surface area contributed by atoms with Gasteiger partial charge in [-0.05, 0) is 55.6 Å². The van der Waals surface area contributed by atoms with Gasteiger partial charge in [-0.15, -0.1) is 0 Å². The molecule has 1 amide bonds. The minimum Gasteiger partial charge on any atom is -0.338 e. The molecule has 1 aliphatic heterocycles. The average Bonchev–Trinajstić information content (AvgIpc) is 2.53. The lowest BCUT2D eigenvalue weighted by molar-refractivity contribution is 0.0623. The first-order chi connectivity index (χ1) is 11.4. The van der Waals surface area contributed by atoms with E-state index in [1.807, 2.05) is 11.8 Å². The van der Waals surface area contributed by atoms with Crippen LogP contribution < -0.4 is 5.56 Å². The van der Waals surface area contributed by atoms with Gasteiger partial charge in [-0.2, -0.15) is 0 Å². The first-order valence-corrected chi connectivity index (χ1v) is 8.87. The molecule has 1 aromatic heterocycles. The van der Waals surface area contributed by atoms with Gasteiger partial charge in [0.25, 0.3) is 11.5 Å². The van der Waals surface area contributed by atoms with E-state index in [1.165, 1.54) is 4.57 Å². The lowest BCUT2D eigenvalue weighted by Gasteiger charge is -2.35. The van der Waals surface area contributed by atoms with Crippen LogP contribution in [-0.4, -0.2) is 33.4 Å². The maximum Gasteiger partial charge on any atom is 0.262 e. The van der Waals surface area contributed by atoms with Crippen molar-refractivity contribution in [2.75, 3.05) is 13.1 Å². The molecule has 0 radical (unpaired) electrons. The van der Waals surface area contributed by atoms with Gasteiger partial charge in [-0.25, -0.2) is 0 Å². The maximum atomic E-state index is 12.8. The molecule has 0 aliphatic carbocycles. The van der Waals surface area contributed by atoms with Gasteiger partial charge in [0.2, 0.25) is 0 Å². The third-order valence-corrected chi connectivity index (χ3v) is 5.02. The van der Waals surface area contributed by atoms with Gasteiger partial charge in [-0.3, -0.25) is 14.2 Å². The number of likely N-dealkylation sites (tertiary alicyclic amines) is 1. The highest BCUT2D eigenvalue weighted by atomic mass is 32.1. The maximum absolute atomic E-state index is 12.8. The molecule has 1 aliphatic rings. The number of hydrogen-bond acceptors (Lipinski definition) is 3. The van der Waals surface area contributed by atoms with Crippen molar-refractivity contribution in [3.63, 3.8) is 0 Å². The number of aromatic amines is 1. The number of piperidine rings is 1. The number of benzene rings is 1. The first kappa shape index (κ1) is 16.9. The van der Waals surface area contributed by atoms with Gasteiger partial charge < -0.3 is 9.88 Å². The minimum absolute atomic E-state index is 0.0225. The fourth-order valence-electron chi connectivity index (χ4n) is 3.69. The molecule has 1 aromatic carbocycles. The SMILES string of the molecule is CCn1c(=S)[nH]c2cc(C(=O)N3C[C@H](C)C[C@H](C)C3)ccc2c1=O.